The van der Waals surface area contributed by atoms with Gasteiger partial charge in [0.1, 0.15) is 0 Å². The van der Waals surface area contributed by atoms with Crippen LogP contribution in [0.2, 0.25) is 12.1 Å². The lowest BCUT2D eigenvalue weighted by Crippen LogP contribution is -2.47. The molecule has 0 aliphatic rings. The zero-order valence-corrected chi connectivity index (χ0v) is 35.9. The van der Waals surface area contributed by atoms with E-state index < -0.39 is 35.9 Å². The van der Waals surface area contributed by atoms with Crippen molar-refractivity contribution in [3.63, 3.8) is 0 Å². The highest BCUT2D eigenvalue weighted by molar-refractivity contribution is 6.60. The van der Waals surface area contributed by atoms with Crippen LogP contribution in [-0.4, -0.2) is 214 Å². The summed E-state index contributed by atoms with van der Waals surface area (Å²) >= 11 is 0. The second kappa shape index (κ2) is 30.9. The average Bonchev–Trinajstić information content (AvgIpc) is 3.12. The van der Waals surface area contributed by atoms with Gasteiger partial charge in [0.15, 0.2) is 0 Å². The van der Waals surface area contributed by atoms with E-state index in [2.05, 4.69) is 20.4 Å². The van der Waals surface area contributed by atoms with Crippen molar-refractivity contribution in [1.29, 1.82) is 0 Å². The average molecular weight is 792 g/mol. The van der Waals surface area contributed by atoms with Crippen molar-refractivity contribution < 1.29 is 56.1 Å². The number of hydrogen-bond donors (Lipinski definition) is 6. The molecular formula is C33H77N5O12Si2. The van der Waals surface area contributed by atoms with Crippen LogP contribution in [0.4, 0.5) is 0 Å². The van der Waals surface area contributed by atoms with Gasteiger partial charge in [0.25, 0.3) is 0 Å². The second-order valence-corrected chi connectivity index (χ2v) is 19.9. The van der Waals surface area contributed by atoms with E-state index in [0.29, 0.717) is 104 Å². The summed E-state index contributed by atoms with van der Waals surface area (Å²) in [5.74, 6) is 0. The van der Waals surface area contributed by atoms with Crippen molar-refractivity contribution in [3.8, 4) is 0 Å². The monoisotopic (exact) mass is 792 g/mol. The smallest absolute Gasteiger partial charge is 0.389 e. The summed E-state index contributed by atoms with van der Waals surface area (Å²) in [5.41, 5.74) is 5.30. The quantitative estimate of drug-likeness (QED) is 0.0337. The molecule has 0 aromatic heterocycles. The van der Waals surface area contributed by atoms with Gasteiger partial charge in [0, 0.05) is 140 Å². The Kier molecular flexibility index (Phi) is 30.8. The maximum Gasteiger partial charge on any atom is 0.500 e. The van der Waals surface area contributed by atoms with Gasteiger partial charge < -0.3 is 72.5 Å². The van der Waals surface area contributed by atoms with Gasteiger partial charge in [-0.05, 0) is 33.6 Å². The molecule has 3 atom stereocenters. The standard InChI is InChI=1S/C33H77N5O12Si2/c1-33(2,3)50-29-32(41)26-38(17-15-36-24-30(39)27-48-20-10-22-51(42-4,43-5)44-6)19-18-37(16-14-35-13-12-34)25-31(40)28-49-21-11-23-52(45-7,46-8)47-9/h30-32,35-36,39-41H,10-29,34H2,1-9H3. The first-order chi connectivity index (χ1) is 24.8. The Morgan fingerprint density at radius 2 is 1.02 bits per heavy atom. The van der Waals surface area contributed by atoms with Crippen LogP contribution in [0.25, 0.3) is 0 Å². The highest BCUT2D eigenvalue weighted by Gasteiger charge is 2.37. The number of nitrogens with zero attached hydrogens (tertiary/aromatic N) is 2. The predicted molar refractivity (Wildman–Crippen MR) is 205 cm³/mol. The molecule has 0 saturated carbocycles. The minimum absolute atomic E-state index is 0.201. The molecule has 3 unspecified atom stereocenters. The van der Waals surface area contributed by atoms with Crippen LogP contribution >= 0.6 is 0 Å². The number of aliphatic hydroxyl groups excluding tert-OH is 3. The van der Waals surface area contributed by atoms with Crippen LogP contribution < -0.4 is 16.4 Å². The molecule has 7 N–H and O–H groups in total. The number of nitrogens with two attached hydrogens (primary N) is 1. The molecule has 0 aromatic rings. The Labute approximate surface area is 316 Å². The third kappa shape index (κ3) is 25.8. The van der Waals surface area contributed by atoms with Gasteiger partial charge in [-0.15, -0.1) is 0 Å². The van der Waals surface area contributed by atoms with Crippen LogP contribution in [-0.2, 0) is 40.8 Å². The Morgan fingerprint density at radius 1 is 0.596 bits per heavy atom. The Balaban J connectivity index is 5.04. The van der Waals surface area contributed by atoms with Crippen LogP contribution in [0.15, 0.2) is 0 Å². The molecule has 0 rings (SSSR count). The van der Waals surface area contributed by atoms with E-state index in [4.69, 9.17) is 46.5 Å². The molecule has 0 aliphatic carbocycles. The summed E-state index contributed by atoms with van der Waals surface area (Å²) in [6.45, 7) is 13.9. The van der Waals surface area contributed by atoms with Crippen molar-refractivity contribution in [2.45, 2.75) is 69.6 Å². The lowest BCUT2D eigenvalue weighted by molar-refractivity contribution is -0.0566. The van der Waals surface area contributed by atoms with Gasteiger partial charge >= 0.3 is 17.6 Å². The topological polar surface area (TPSA) is 200 Å². The summed E-state index contributed by atoms with van der Waals surface area (Å²) in [6, 6.07) is 1.25. The SMILES string of the molecule is CO[Si](CCCOCC(O)CNCCN(CCN(CCNCCN)CC(O)COCCC[Si](OC)(OC)OC)CC(O)COC(C)(C)C)(OC)OC. The second-order valence-electron chi connectivity index (χ2n) is 13.7. The first-order valence-electron chi connectivity index (χ1n) is 18.5. The van der Waals surface area contributed by atoms with E-state index in [1.54, 1.807) is 42.7 Å². The van der Waals surface area contributed by atoms with Crippen molar-refractivity contribution in [2.75, 3.05) is 148 Å². The maximum atomic E-state index is 10.9. The number of aliphatic hydroxyl groups is 3. The van der Waals surface area contributed by atoms with E-state index in [0.717, 1.165) is 6.54 Å². The predicted octanol–water partition coefficient (Wildman–Crippen LogP) is -0.804. The van der Waals surface area contributed by atoms with Gasteiger partial charge in [-0.3, -0.25) is 9.80 Å². The molecule has 0 amide bonds. The fourth-order valence-corrected chi connectivity index (χ4v) is 8.66. The van der Waals surface area contributed by atoms with E-state index in [-0.39, 0.29) is 25.4 Å². The van der Waals surface area contributed by atoms with Crippen molar-refractivity contribution in [2.24, 2.45) is 5.73 Å². The lowest BCUT2D eigenvalue weighted by Gasteiger charge is -2.31. The first kappa shape index (κ1) is 51.8. The van der Waals surface area contributed by atoms with Crippen LogP contribution in [0.3, 0.4) is 0 Å². The summed E-state index contributed by atoms with van der Waals surface area (Å²) in [4.78, 5) is 4.36. The zero-order valence-electron chi connectivity index (χ0n) is 33.9. The van der Waals surface area contributed by atoms with E-state index in [1.807, 2.05) is 20.8 Å². The Bertz CT molecular complexity index is 803. The van der Waals surface area contributed by atoms with Gasteiger partial charge in [-0.1, -0.05) is 0 Å². The number of ether oxygens (including phenoxy) is 3. The van der Waals surface area contributed by atoms with Crippen molar-refractivity contribution >= 4 is 17.6 Å². The minimum atomic E-state index is -2.66. The minimum Gasteiger partial charge on any atom is -0.389 e. The Hall–Kier alpha value is -0.246. The molecule has 0 spiro atoms. The third-order valence-electron chi connectivity index (χ3n) is 8.32. The molecule has 0 bridgehead atoms. The van der Waals surface area contributed by atoms with E-state index >= 15 is 0 Å². The van der Waals surface area contributed by atoms with Gasteiger partial charge in [-0.25, -0.2) is 0 Å². The normalized spacial score (nSPS) is 14.8. The van der Waals surface area contributed by atoms with E-state index in [9.17, 15) is 15.3 Å². The fraction of sp³-hybridized carbons (Fsp3) is 1.00. The molecule has 0 radical (unpaired) electrons. The third-order valence-corrected chi connectivity index (χ3v) is 14.0. The highest BCUT2D eigenvalue weighted by atomic mass is 28.4. The molecular weight excluding hydrogens is 715 g/mol. The number of rotatable bonds is 37. The fourth-order valence-electron chi connectivity index (χ4n) is 5.28. The van der Waals surface area contributed by atoms with Crippen LogP contribution in [0.5, 0.6) is 0 Å². The van der Waals surface area contributed by atoms with Crippen LogP contribution in [0, 0.1) is 0 Å². The summed E-state index contributed by atoms with van der Waals surface area (Å²) in [7, 11) is 4.23. The molecule has 52 heavy (non-hydrogen) atoms. The first-order valence-corrected chi connectivity index (χ1v) is 22.3. The van der Waals surface area contributed by atoms with Gasteiger partial charge in [0.2, 0.25) is 0 Å². The highest BCUT2D eigenvalue weighted by Crippen LogP contribution is 2.16. The van der Waals surface area contributed by atoms with E-state index in [1.165, 1.54) is 0 Å². The zero-order chi connectivity index (χ0) is 39.3. The molecule has 0 saturated heterocycles. The van der Waals surface area contributed by atoms with Crippen molar-refractivity contribution in [3.05, 3.63) is 0 Å². The van der Waals surface area contributed by atoms with Crippen molar-refractivity contribution in [1.82, 2.24) is 20.4 Å². The molecule has 17 nitrogen and oxygen atoms in total. The molecule has 0 fully saturated rings. The number of hydrogen-bond acceptors (Lipinski definition) is 17. The number of nitrogens with one attached hydrogen (secondary N) is 2. The molecule has 0 heterocycles. The summed E-state index contributed by atoms with van der Waals surface area (Å²) in [6.07, 6.45) is -0.640. The van der Waals surface area contributed by atoms with Gasteiger partial charge in [-0.2, -0.15) is 0 Å². The molecule has 314 valence electrons. The maximum absolute atomic E-state index is 10.9. The molecule has 0 aromatic carbocycles. The summed E-state index contributed by atoms with van der Waals surface area (Å²) in [5, 5.41) is 38.8. The molecule has 0 aliphatic heterocycles. The Morgan fingerprint density at radius 3 is 1.44 bits per heavy atom. The van der Waals surface area contributed by atoms with Crippen LogP contribution in [0.1, 0.15) is 33.6 Å². The molecule has 19 heteroatoms. The lowest BCUT2D eigenvalue weighted by atomic mass is 10.2. The summed E-state index contributed by atoms with van der Waals surface area (Å²) < 4.78 is 50.0. The largest absolute Gasteiger partial charge is 0.500 e. The van der Waals surface area contributed by atoms with Gasteiger partial charge in [0.05, 0.1) is 43.7 Å².